The van der Waals surface area contributed by atoms with Gasteiger partial charge in [-0.2, -0.15) is 0 Å². The van der Waals surface area contributed by atoms with Crippen molar-refractivity contribution in [3.63, 3.8) is 0 Å². The lowest BCUT2D eigenvalue weighted by atomic mass is 9.71. The molecule has 0 radical (unpaired) electrons. The number of carboxylic acid groups (broad SMARTS) is 1. The molecule has 1 aromatic carbocycles. The van der Waals surface area contributed by atoms with Crippen molar-refractivity contribution in [2.45, 2.75) is 31.6 Å². The van der Waals surface area contributed by atoms with Crippen LogP contribution in [-0.2, 0) is 16.6 Å². The van der Waals surface area contributed by atoms with Gasteiger partial charge in [0.25, 0.3) is 0 Å². The minimum absolute atomic E-state index is 0.142. The lowest BCUT2D eigenvalue weighted by Crippen LogP contribution is -2.35. The third-order valence-corrected chi connectivity index (χ3v) is 3.28. The Bertz CT molecular complexity index is 411. The number of rotatable bonds is 1. The van der Waals surface area contributed by atoms with Crippen LogP contribution in [0.1, 0.15) is 30.9 Å². The van der Waals surface area contributed by atoms with Gasteiger partial charge in [0.2, 0.25) is 0 Å². The predicted molar refractivity (Wildman–Crippen MR) is 56.0 cm³/mol. The number of hydrogen-bond donors (Lipinski definition) is 2. The van der Waals surface area contributed by atoms with Gasteiger partial charge in [-0.25, -0.2) is 0 Å². The van der Waals surface area contributed by atoms with Crippen LogP contribution in [0.15, 0.2) is 18.2 Å². The summed E-state index contributed by atoms with van der Waals surface area (Å²) in [5, 5.41) is 18.7. The molecular weight excluding hydrogens is 192 g/mol. The minimum Gasteiger partial charge on any atom is -0.508 e. The van der Waals surface area contributed by atoms with Gasteiger partial charge in [0.15, 0.2) is 0 Å². The zero-order chi connectivity index (χ0) is 11.1. The number of aromatic hydroxyl groups is 1. The molecule has 1 aromatic rings. The highest BCUT2D eigenvalue weighted by Crippen LogP contribution is 2.38. The fraction of sp³-hybridized carbons (Fsp3) is 0.417. The summed E-state index contributed by atoms with van der Waals surface area (Å²) in [5.41, 5.74) is 0.969. The fourth-order valence-corrected chi connectivity index (χ4v) is 2.29. The molecule has 2 rings (SSSR count). The van der Waals surface area contributed by atoms with Gasteiger partial charge in [-0.05, 0) is 49.4 Å². The van der Waals surface area contributed by atoms with E-state index in [0.29, 0.717) is 6.42 Å². The molecule has 0 bridgehead atoms. The number of benzene rings is 1. The summed E-state index contributed by atoms with van der Waals surface area (Å²) >= 11 is 0. The summed E-state index contributed by atoms with van der Waals surface area (Å²) < 4.78 is 0. The Balaban J connectivity index is 2.59. The van der Waals surface area contributed by atoms with Crippen molar-refractivity contribution >= 4 is 5.97 Å². The zero-order valence-electron chi connectivity index (χ0n) is 8.66. The van der Waals surface area contributed by atoms with Gasteiger partial charge in [-0.3, -0.25) is 4.79 Å². The molecule has 0 saturated heterocycles. The number of hydrogen-bond acceptors (Lipinski definition) is 2. The van der Waals surface area contributed by atoms with Crippen molar-refractivity contribution in [3.05, 3.63) is 29.3 Å². The summed E-state index contributed by atoms with van der Waals surface area (Å²) in [4.78, 5) is 11.3. The summed E-state index contributed by atoms with van der Waals surface area (Å²) in [6.07, 6.45) is 2.43. The van der Waals surface area contributed by atoms with Crippen LogP contribution in [-0.4, -0.2) is 16.2 Å². The molecule has 80 valence electrons. The lowest BCUT2D eigenvalue weighted by molar-refractivity contribution is -0.143. The van der Waals surface area contributed by atoms with Gasteiger partial charge in [0, 0.05) is 0 Å². The molecule has 0 heterocycles. The fourth-order valence-electron chi connectivity index (χ4n) is 2.29. The van der Waals surface area contributed by atoms with E-state index in [1.807, 2.05) is 6.07 Å². The van der Waals surface area contributed by atoms with Crippen LogP contribution in [0.5, 0.6) is 5.75 Å². The zero-order valence-corrected chi connectivity index (χ0v) is 8.66. The monoisotopic (exact) mass is 206 g/mol. The maximum Gasteiger partial charge on any atom is 0.313 e. The third kappa shape index (κ3) is 1.48. The van der Waals surface area contributed by atoms with Crippen molar-refractivity contribution < 1.29 is 15.0 Å². The van der Waals surface area contributed by atoms with Crippen molar-refractivity contribution in [3.8, 4) is 5.75 Å². The summed E-state index contributed by atoms with van der Waals surface area (Å²) in [6.45, 7) is 1.73. The molecule has 0 fully saturated rings. The Labute approximate surface area is 88.4 Å². The van der Waals surface area contributed by atoms with Gasteiger partial charge in [0.1, 0.15) is 5.75 Å². The van der Waals surface area contributed by atoms with Crippen LogP contribution in [0.4, 0.5) is 0 Å². The SMILES string of the molecule is CC1(C(=O)O)CCCc2ccc(O)cc21. The van der Waals surface area contributed by atoms with Crippen LogP contribution >= 0.6 is 0 Å². The van der Waals surface area contributed by atoms with Crippen LogP contribution in [0, 0.1) is 0 Å². The molecule has 3 heteroatoms. The standard InChI is InChI=1S/C12H14O3/c1-12(11(14)15)6-2-3-8-4-5-9(13)7-10(8)12/h4-5,7,13H,2-3,6H2,1H3,(H,14,15). The first kappa shape index (κ1) is 10.0. The van der Waals surface area contributed by atoms with Gasteiger partial charge >= 0.3 is 5.97 Å². The van der Waals surface area contributed by atoms with Crippen LogP contribution in [0.2, 0.25) is 0 Å². The highest BCUT2D eigenvalue weighted by atomic mass is 16.4. The van der Waals surface area contributed by atoms with E-state index in [4.69, 9.17) is 0 Å². The second-order valence-electron chi connectivity index (χ2n) is 4.33. The van der Waals surface area contributed by atoms with Crippen molar-refractivity contribution in [1.82, 2.24) is 0 Å². The molecule has 0 spiro atoms. The van der Waals surface area contributed by atoms with Crippen molar-refractivity contribution in [1.29, 1.82) is 0 Å². The lowest BCUT2D eigenvalue weighted by Gasteiger charge is -2.32. The first-order valence-electron chi connectivity index (χ1n) is 5.10. The summed E-state index contributed by atoms with van der Waals surface area (Å²) in [6, 6.07) is 5.03. The molecule has 2 N–H and O–H groups in total. The van der Waals surface area contributed by atoms with Crippen molar-refractivity contribution in [2.24, 2.45) is 0 Å². The molecular formula is C12H14O3. The first-order valence-corrected chi connectivity index (χ1v) is 5.10. The Hall–Kier alpha value is -1.51. The second-order valence-corrected chi connectivity index (χ2v) is 4.33. The van der Waals surface area contributed by atoms with E-state index in [1.165, 1.54) is 0 Å². The number of aryl methyl sites for hydroxylation is 1. The number of aliphatic carboxylic acids is 1. The largest absolute Gasteiger partial charge is 0.508 e. The molecule has 0 aliphatic heterocycles. The van der Waals surface area contributed by atoms with Crippen molar-refractivity contribution in [2.75, 3.05) is 0 Å². The minimum atomic E-state index is -0.841. The molecule has 0 aromatic heterocycles. The van der Waals surface area contributed by atoms with E-state index in [1.54, 1.807) is 19.1 Å². The van der Waals surface area contributed by atoms with E-state index < -0.39 is 11.4 Å². The van der Waals surface area contributed by atoms with Gasteiger partial charge < -0.3 is 10.2 Å². The molecule has 1 aliphatic carbocycles. The molecule has 1 atom stereocenters. The number of phenolic OH excluding ortho intramolecular Hbond substituents is 1. The van der Waals surface area contributed by atoms with Gasteiger partial charge in [-0.15, -0.1) is 0 Å². The third-order valence-electron chi connectivity index (χ3n) is 3.28. The Kier molecular flexibility index (Phi) is 2.18. The Morgan fingerprint density at radius 1 is 1.47 bits per heavy atom. The average Bonchev–Trinajstić information content (AvgIpc) is 2.19. The normalized spacial score (nSPS) is 24.6. The molecule has 1 unspecified atom stereocenters. The molecule has 3 nitrogen and oxygen atoms in total. The molecule has 15 heavy (non-hydrogen) atoms. The predicted octanol–water partition coefficient (Wildman–Crippen LogP) is 2.07. The van der Waals surface area contributed by atoms with E-state index in [9.17, 15) is 15.0 Å². The number of fused-ring (bicyclic) bond motifs is 1. The van der Waals surface area contributed by atoms with E-state index >= 15 is 0 Å². The second kappa shape index (κ2) is 3.26. The number of phenols is 1. The van der Waals surface area contributed by atoms with Gasteiger partial charge in [-0.1, -0.05) is 6.07 Å². The highest BCUT2D eigenvalue weighted by molar-refractivity contribution is 5.82. The topological polar surface area (TPSA) is 57.5 Å². The maximum atomic E-state index is 11.3. The van der Waals surface area contributed by atoms with E-state index in [0.717, 1.165) is 24.0 Å². The van der Waals surface area contributed by atoms with E-state index in [2.05, 4.69) is 0 Å². The van der Waals surface area contributed by atoms with Gasteiger partial charge in [0.05, 0.1) is 5.41 Å². The summed E-state index contributed by atoms with van der Waals surface area (Å²) in [5.74, 6) is -0.669. The number of carboxylic acids is 1. The number of carbonyl (C=O) groups is 1. The quantitative estimate of drug-likeness (QED) is 0.739. The van der Waals surface area contributed by atoms with Crippen LogP contribution in [0.25, 0.3) is 0 Å². The molecule has 0 amide bonds. The van der Waals surface area contributed by atoms with E-state index in [-0.39, 0.29) is 5.75 Å². The molecule has 1 aliphatic rings. The molecule has 0 saturated carbocycles. The smallest absolute Gasteiger partial charge is 0.313 e. The maximum absolute atomic E-state index is 11.3. The Morgan fingerprint density at radius 3 is 2.87 bits per heavy atom. The first-order chi connectivity index (χ1) is 7.04. The average molecular weight is 206 g/mol. The van der Waals surface area contributed by atoms with Crippen LogP contribution < -0.4 is 0 Å². The summed E-state index contributed by atoms with van der Waals surface area (Å²) in [7, 11) is 0. The van der Waals surface area contributed by atoms with Crippen LogP contribution in [0.3, 0.4) is 0 Å². The highest BCUT2D eigenvalue weighted by Gasteiger charge is 2.39. The Morgan fingerprint density at radius 2 is 2.20 bits per heavy atom.